The number of hydrogen-bond acceptors (Lipinski definition) is 4. The molecule has 7 heteroatoms. The van der Waals surface area contributed by atoms with E-state index in [0.29, 0.717) is 34.3 Å². The molecule has 1 aromatic carbocycles. The zero-order valence-corrected chi connectivity index (χ0v) is 24.0. The molecule has 194 valence electrons. The lowest BCUT2D eigenvalue weighted by Crippen LogP contribution is -2.37. The van der Waals surface area contributed by atoms with E-state index in [1.165, 1.54) is 0 Å². The fourth-order valence-electron chi connectivity index (χ4n) is 5.87. The average Bonchev–Trinajstić information content (AvgIpc) is 2.73. The fourth-order valence-corrected chi connectivity index (χ4v) is 8.54. The zero-order valence-electron chi connectivity index (χ0n) is 21.5. The molecule has 0 spiro atoms. The maximum atomic E-state index is 14.7. The van der Waals surface area contributed by atoms with Gasteiger partial charge in [-0.25, -0.2) is 0 Å². The van der Waals surface area contributed by atoms with Gasteiger partial charge in [-0.05, 0) is 73.3 Å². The van der Waals surface area contributed by atoms with E-state index in [-0.39, 0.29) is 29.1 Å². The Balaban J connectivity index is 1.98. The summed E-state index contributed by atoms with van der Waals surface area (Å²) in [6.45, 7) is 13.2. The second-order valence-electron chi connectivity index (χ2n) is 11.5. The Morgan fingerprint density at radius 1 is 0.882 bits per heavy atom. The van der Waals surface area contributed by atoms with Crippen molar-refractivity contribution >= 4 is 30.8 Å². The van der Waals surface area contributed by atoms with E-state index in [4.69, 9.17) is 32.2 Å². The van der Waals surface area contributed by atoms with E-state index in [0.717, 1.165) is 38.5 Å². The van der Waals surface area contributed by atoms with Crippen molar-refractivity contribution in [3.8, 4) is 0 Å². The third-order valence-corrected chi connectivity index (χ3v) is 10.6. The van der Waals surface area contributed by atoms with Gasteiger partial charge in [0.2, 0.25) is 0 Å². The summed E-state index contributed by atoms with van der Waals surface area (Å²) in [5, 5.41) is 12.2. The molecule has 0 heterocycles. The Morgan fingerprint density at radius 3 is 1.76 bits per heavy atom. The summed E-state index contributed by atoms with van der Waals surface area (Å²) in [6, 6.07) is 4.84. The first-order valence-electron chi connectivity index (χ1n) is 13.0. The van der Waals surface area contributed by atoms with Crippen LogP contribution in [0.2, 0.25) is 10.0 Å². The summed E-state index contributed by atoms with van der Waals surface area (Å²) in [5.41, 5.74) is 0.337. The summed E-state index contributed by atoms with van der Waals surface area (Å²) in [5.74, 6) is 0.804. The van der Waals surface area contributed by atoms with Crippen LogP contribution in [0.5, 0.6) is 0 Å². The van der Waals surface area contributed by atoms with Crippen molar-refractivity contribution in [2.75, 3.05) is 0 Å². The Hall–Kier alpha value is -0.0900. The van der Waals surface area contributed by atoms with Gasteiger partial charge in [0, 0.05) is 15.6 Å². The van der Waals surface area contributed by atoms with Crippen LogP contribution >= 0.6 is 30.8 Å². The average molecular weight is 534 g/mol. The van der Waals surface area contributed by atoms with Gasteiger partial charge >= 0.3 is 7.60 Å². The molecule has 0 amide bonds. The molecule has 0 radical (unpaired) electrons. The van der Waals surface area contributed by atoms with Gasteiger partial charge < -0.3 is 14.2 Å². The first-order valence-corrected chi connectivity index (χ1v) is 15.4. The highest BCUT2D eigenvalue weighted by Crippen LogP contribution is 2.65. The Kier molecular flexibility index (Phi) is 10.0. The number of rotatable bonds is 8. The molecule has 34 heavy (non-hydrogen) atoms. The molecular formula is C27H43Cl2O4P. The number of aliphatic hydroxyl groups is 1. The van der Waals surface area contributed by atoms with Crippen LogP contribution in [0.4, 0.5) is 0 Å². The summed E-state index contributed by atoms with van der Waals surface area (Å²) >= 11 is 12.5. The van der Waals surface area contributed by atoms with E-state index < -0.39 is 13.4 Å². The number of benzene rings is 1. The van der Waals surface area contributed by atoms with E-state index in [1.54, 1.807) is 18.2 Å². The van der Waals surface area contributed by atoms with E-state index in [9.17, 15) is 9.67 Å². The molecule has 8 atom stereocenters. The van der Waals surface area contributed by atoms with E-state index in [2.05, 4.69) is 41.5 Å². The lowest BCUT2D eigenvalue weighted by molar-refractivity contribution is -0.0153. The standard InChI is InChI=1S/C27H43Cl2O4P/c1-16(2)21-10-7-18(5)13-25(21)32-34(31,27(30)23-12-9-20(28)15-24(23)29)33-26-14-19(6)8-11-22(26)17(3)4/h9,12,15-19,21-22,25-27,30H,7-8,10-11,13-14H2,1-6H3/t18-,19-,21-,22+,25-,26-,27-,34?/m1/s1. The lowest BCUT2D eigenvalue weighted by atomic mass is 9.75. The van der Waals surface area contributed by atoms with Gasteiger partial charge in [0.1, 0.15) is 0 Å². The Labute approximate surface area is 216 Å². The molecule has 0 aromatic heterocycles. The maximum absolute atomic E-state index is 14.7. The monoisotopic (exact) mass is 532 g/mol. The molecule has 4 nitrogen and oxygen atoms in total. The van der Waals surface area contributed by atoms with Gasteiger partial charge in [0.05, 0.1) is 12.2 Å². The van der Waals surface area contributed by atoms with Gasteiger partial charge in [0.25, 0.3) is 0 Å². The van der Waals surface area contributed by atoms with Crippen LogP contribution in [0.3, 0.4) is 0 Å². The Morgan fingerprint density at radius 2 is 1.35 bits per heavy atom. The third kappa shape index (κ3) is 6.81. The number of halogens is 2. The minimum absolute atomic E-state index is 0.228. The second kappa shape index (κ2) is 12.0. The number of aliphatic hydroxyl groups excluding tert-OH is 1. The van der Waals surface area contributed by atoms with Crippen LogP contribution in [-0.4, -0.2) is 17.3 Å². The molecule has 2 fully saturated rings. The molecule has 1 unspecified atom stereocenters. The molecule has 2 aliphatic rings. The minimum atomic E-state index is -3.99. The highest BCUT2D eigenvalue weighted by molar-refractivity contribution is 7.54. The molecule has 3 rings (SSSR count). The predicted octanol–water partition coefficient (Wildman–Crippen LogP) is 9.13. The maximum Gasteiger partial charge on any atom is 0.364 e. The Bertz CT molecular complexity index is 823. The van der Waals surface area contributed by atoms with Crippen LogP contribution in [-0.2, 0) is 13.6 Å². The first-order chi connectivity index (χ1) is 15.9. The second-order valence-corrected chi connectivity index (χ2v) is 14.4. The normalized spacial score (nSPS) is 33.1. The van der Waals surface area contributed by atoms with Crippen LogP contribution < -0.4 is 0 Å². The van der Waals surface area contributed by atoms with Gasteiger partial charge in [-0.15, -0.1) is 0 Å². The molecule has 1 N–H and O–H groups in total. The van der Waals surface area contributed by atoms with Crippen LogP contribution in [0.1, 0.15) is 91.5 Å². The van der Waals surface area contributed by atoms with Gasteiger partial charge in [0.15, 0.2) is 5.85 Å². The molecule has 0 saturated heterocycles. The molecule has 0 aliphatic heterocycles. The van der Waals surface area contributed by atoms with Gasteiger partial charge in [-0.2, -0.15) is 0 Å². The molecule has 2 saturated carbocycles. The largest absolute Gasteiger partial charge is 0.376 e. The molecule has 0 bridgehead atoms. The predicted molar refractivity (Wildman–Crippen MR) is 141 cm³/mol. The van der Waals surface area contributed by atoms with Crippen LogP contribution in [0.25, 0.3) is 0 Å². The first kappa shape index (κ1) is 28.5. The fraction of sp³-hybridized carbons (Fsp3) is 0.778. The van der Waals surface area contributed by atoms with Crippen LogP contribution in [0, 0.1) is 35.5 Å². The van der Waals surface area contributed by atoms with E-state index >= 15 is 0 Å². The van der Waals surface area contributed by atoms with Crippen molar-refractivity contribution in [1.82, 2.24) is 0 Å². The van der Waals surface area contributed by atoms with Crippen molar-refractivity contribution in [2.45, 2.75) is 98.1 Å². The number of hydrogen-bond donors (Lipinski definition) is 1. The molecule has 2 aliphatic carbocycles. The molecular weight excluding hydrogens is 490 g/mol. The lowest BCUT2D eigenvalue weighted by Gasteiger charge is -2.42. The molecule has 1 aromatic rings. The smallest absolute Gasteiger partial charge is 0.364 e. The summed E-state index contributed by atoms with van der Waals surface area (Å²) in [6.07, 6.45) is 5.48. The highest BCUT2D eigenvalue weighted by atomic mass is 35.5. The van der Waals surface area contributed by atoms with Gasteiger partial charge in [-0.1, -0.05) is 83.7 Å². The SMILES string of the molecule is CC(C)[C@H]1CC[C@@H](C)C[C@H]1OP(=O)(O[C@@H]1C[C@H](C)CC[C@H]1C(C)C)[C@@H](O)c1ccc(Cl)cc1Cl. The summed E-state index contributed by atoms with van der Waals surface area (Å²) in [7, 11) is -3.99. The van der Waals surface area contributed by atoms with Crippen molar-refractivity contribution in [3.05, 3.63) is 33.8 Å². The van der Waals surface area contributed by atoms with Crippen molar-refractivity contribution in [2.24, 2.45) is 35.5 Å². The van der Waals surface area contributed by atoms with Crippen molar-refractivity contribution in [1.29, 1.82) is 0 Å². The van der Waals surface area contributed by atoms with Crippen molar-refractivity contribution < 1.29 is 18.7 Å². The highest BCUT2D eigenvalue weighted by Gasteiger charge is 2.46. The topological polar surface area (TPSA) is 55.8 Å². The summed E-state index contributed by atoms with van der Waals surface area (Å²) < 4.78 is 27.6. The minimum Gasteiger partial charge on any atom is -0.376 e. The quantitative estimate of drug-likeness (QED) is 0.339. The summed E-state index contributed by atoms with van der Waals surface area (Å²) in [4.78, 5) is 0. The van der Waals surface area contributed by atoms with Crippen molar-refractivity contribution in [3.63, 3.8) is 0 Å². The van der Waals surface area contributed by atoms with Gasteiger partial charge in [-0.3, -0.25) is 4.57 Å². The van der Waals surface area contributed by atoms with E-state index in [1.807, 2.05) is 0 Å². The third-order valence-electron chi connectivity index (χ3n) is 8.03. The zero-order chi connectivity index (χ0) is 25.2. The van der Waals surface area contributed by atoms with Crippen LogP contribution in [0.15, 0.2) is 18.2 Å².